The van der Waals surface area contributed by atoms with Gasteiger partial charge in [0.1, 0.15) is 5.60 Å². The Morgan fingerprint density at radius 1 is 1.39 bits per heavy atom. The molecule has 2 aliphatic rings. The number of carbonyl (C=O) groups excluding carboxylic acids is 1. The zero-order chi connectivity index (χ0) is 13.3. The summed E-state index contributed by atoms with van der Waals surface area (Å²) in [6.07, 6.45) is 3.93. The predicted octanol–water partition coefficient (Wildman–Crippen LogP) is 2.94. The third-order valence-corrected chi connectivity index (χ3v) is 3.62. The van der Waals surface area contributed by atoms with Gasteiger partial charge in [0.2, 0.25) is 0 Å². The number of nitrogens with zero attached hydrogens (tertiary/aromatic N) is 2. The fraction of sp³-hybridized carbons (Fsp3) is 0.857. The quantitative estimate of drug-likeness (QED) is 0.757. The number of hydrogen-bond acceptors (Lipinski definition) is 3. The van der Waals surface area contributed by atoms with Gasteiger partial charge in [-0.3, -0.25) is 0 Å². The lowest BCUT2D eigenvalue weighted by molar-refractivity contribution is 0.0190. The summed E-state index contributed by atoms with van der Waals surface area (Å²) in [5.74, 6) is 0.503. The second kappa shape index (κ2) is 4.79. The molecular formula is C14H22N2O2. The van der Waals surface area contributed by atoms with Crippen molar-refractivity contribution >= 4 is 6.09 Å². The number of carbonyl (C=O) groups is 1. The molecule has 2 rings (SSSR count). The summed E-state index contributed by atoms with van der Waals surface area (Å²) in [5.41, 5.74) is -0.466. The van der Waals surface area contributed by atoms with Crippen LogP contribution in [0.5, 0.6) is 0 Å². The van der Waals surface area contributed by atoms with Crippen molar-refractivity contribution < 1.29 is 9.53 Å². The van der Waals surface area contributed by atoms with Gasteiger partial charge in [-0.1, -0.05) is 0 Å². The lowest BCUT2D eigenvalue weighted by Crippen LogP contribution is -2.43. The Bertz CT molecular complexity index is 363. The molecule has 0 aromatic rings. The van der Waals surface area contributed by atoms with Crippen LogP contribution in [0.3, 0.4) is 0 Å². The fourth-order valence-corrected chi connectivity index (χ4v) is 2.67. The number of hydrogen-bond donors (Lipinski definition) is 0. The topological polar surface area (TPSA) is 53.3 Å². The van der Waals surface area contributed by atoms with Crippen molar-refractivity contribution in [3.05, 3.63) is 0 Å². The molecule has 1 aliphatic heterocycles. The van der Waals surface area contributed by atoms with E-state index in [0.717, 1.165) is 32.2 Å². The smallest absolute Gasteiger partial charge is 0.410 e. The van der Waals surface area contributed by atoms with Crippen LogP contribution in [0, 0.1) is 23.2 Å². The third-order valence-electron chi connectivity index (χ3n) is 3.62. The molecule has 0 radical (unpaired) electrons. The Morgan fingerprint density at radius 3 is 2.56 bits per heavy atom. The van der Waals surface area contributed by atoms with Crippen molar-refractivity contribution in [1.29, 1.82) is 5.26 Å². The molecule has 4 nitrogen and oxygen atoms in total. The van der Waals surface area contributed by atoms with Gasteiger partial charge in [0.15, 0.2) is 0 Å². The largest absolute Gasteiger partial charge is 0.444 e. The first-order valence-corrected chi connectivity index (χ1v) is 6.81. The number of nitriles is 1. The van der Waals surface area contributed by atoms with E-state index in [2.05, 4.69) is 6.07 Å². The second-order valence-corrected chi connectivity index (χ2v) is 6.38. The van der Waals surface area contributed by atoms with Gasteiger partial charge in [0.05, 0.1) is 18.0 Å². The molecule has 0 spiro atoms. The van der Waals surface area contributed by atoms with Crippen molar-refractivity contribution in [1.82, 2.24) is 4.90 Å². The van der Waals surface area contributed by atoms with E-state index in [0.29, 0.717) is 5.92 Å². The molecule has 1 aliphatic carbocycles. The molecule has 2 unspecified atom stereocenters. The number of ether oxygens (including phenoxy) is 1. The van der Waals surface area contributed by atoms with E-state index in [-0.39, 0.29) is 18.1 Å². The Kier molecular flexibility index (Phi) is 3.52. The van der Waals surface area contributed by atoms with Crippen molar-refractivity contribution in [2.45, 2.75) is 58.1 Å². The predicted molar refractivity (Wildman–Crippen MR) is 67.8 cm³/mol. The van der Waals surface area contributed by atoms with Crippen LogP contribution in [0.4, 0.5) is 4.79 Å². The zero-order valence-electron chi connectivity index (χ0n) is 11.5. The van der Waals surface area contributed by atoms with Crippen LogP contribution in [0.1, 0.15) is 46.5 Å². The van der Waals surface area contributed by atoms with Gasteiger partial charge in [-0.15, -0.1) is 0 Å². The van der Waals surface area contributed by atoms with E-state index in [4.69, 9.17) is 4.74 Å². The highest BCUT2D eigenvalue weighted by Gasteiger charge is 2.43. The number of likely N-dealkylation sites (tertiary alicyclic amines) is 1. The Labute approximate surface area is 109 Å². The van der Waals surface area contributed by atoms with Gasteiger partial charge in [-0.2, -0.15) is 5.26 Å². The monoisotopic (exact) mass is 250 g/mol. The lowest BCUT2D eigenvalue weighted by atomic mass is 9.94. The highest BCUT2D eigenvalue weighted by atomic mass is 16.6. The van der Waals surface area contributed by atoms with Gasteiger partial charge in [-0.05, 0) is 52.4 Å². The first-order chi connectivity index (χ1) is 8.42. The third kappa shape index (κ3) is 2.95. The first kappa shape index (κ1) is 13.2. The summed E-state index contributed by atoms with van der Waals surface area (Å²) in [6, 6.07) is 2.47. The van der Waals surface area contributed by atoms with E-state index in [1.807, 2.05) is 20.8 Å². The average molecular weight is 250 g/mol. The number of amides is 1. The number of rotatable bonds is 2. The highest BCUT2D eigenvalue weighted by Crippen LogP contribution is 2.42. The Balaban J connectivity index is 2.03. The van der Waals surface area contributed by atoms with Crippen LogP contribution >= 0.6 is 0 Å². The molecule has 1 amide bonds. The SMILES string of the molecule is CC(C)(C)OC(=O)N1CCCC1C(C#N)C1CC1. The molecule has 0 aromatic carbocycles. The molecule has 2 fully saturated rings. The molecule has 18 heavy (non-hydrogen) atoms. The van der Waals surface area contributed by atoms with Crippen molar-refractivity contribution in [2.75, 3.05) is 6.54 Å². The van der Waals surface area contributed by atoms with E-state index in [9.17, 15) is 10.1 Å². The fourth-order valence-electron chi connectivity index (χ4n) is 2.67. The normalized spacial score (nSPS) is 25.7. The van der Waals surface area contributed by atoms with Gasteiger partial charge in [0, 0.05) is 6.54 Å². The van der Waals surface area contributed by atoms with Crippen LogP contribution in [-0.4, -0.2) is 29.2 Å². The average Bonchev–Trinajstić information content (AvgIpc) is 2.94. The zero-order valence-corrected chi connectivity index (χ0v) is 11.5. The van der Waals surface area contributed by atoms with Crippen molar-refractivity contribution in [3.8, 4) is 6.07 Å². The molecule has 1 saturated carbocycles. The molecule has 1 heterocycles. The minimum atomic E-state index is -0.466. The maximum atomic E-state index is 12.1. The molecule has 0 N–H and O–H groups in total. The van der Waals surface area contributed by atoms with Gasteiger partial charge < -0.3 is 9.64 Å². The molecule has 100 valence electrons. The van der Waals surface area contributed by atoms with Crippen molar-refractivity contribution in [3.63, 3.8) is 0 Å². The lowest BCUT2D eigenvalue weighted by Gasteiger charge is -2.30. The standard InChI is InChI=1S/C14H22N2O2/c1-14(2,3)18-13(17)16-8-4-5-12(16)11(9-15)10-6-7-10/h10-12H,4-8H2,1-3H3. The first-order valence-electron chi connectivity index (χ1n) is 6.81. The van der Waals surface area contributed by atoms with Crippen molar-refractivity contribution in [2.24, 2.45) is 11.8 Å². The highest BCUT2D eigenvalue weighted by molar-refractivity contribution is 5.69. The summed E-state index contributed by atoms with van der Waals surface area (Å²) in [7, 11) is 0. The molecule has 2 atom stereocenters. The molecular weight excluding hydrogens is 228 g/mol. The van der Waals surface area contributed by atoms with Gasteiger partial charge in [-0.25, -0.2) is 4.79 Å². The maximum Gasteiger partial charge on any atom is 0.410 e. The van der Waals surface area contributed by atoms with E-state index in [1.165, 1.54) is 0 Å². The Hall–Kier alpha value is -1.24. The minimum Gasteiger partial charge on any atom is -0.444 e. The van der Waals surface area contributed by atoms with Crippen LogP contribution in [-0.2, 0) is 4.74 Å². The maximum absolute atomic E-state index is 12.1. The van der Waals surface area contributed by atoms with Crippen LogP contribution in [0.25, 0.3) is 0 Å². The van der Waals surface area contributed by atoms with Crippen LogP contribution in [0.15, 0.2) is 0 Å². The summed E-state index contributed by atoms with van der Waals surface area (Å²) in [6.45, 7) is 6.35. The van der Waals surface area contributed by atoms with E-state index >= 15 is 0 Å². The Morgan fingerprint density at radius 2 is 2.06 bits per heavy atom. The summed E-state index contributed by atoms with van der Waals surface area (Å²) >= 11 is 0. The minimum absolute atomic E-state index is 0.0000170. The molecule has 0 aromatic heterocycles. The van der Waals surface area contributed by atoms with E-state index < -0.39 is 5.60 Å². The summed E-state index contributed by atoms with van der Waals surface area (Å²) in [5, 5.41) is 9.30. The summed E-state index contributed by atoms with van der Waals surface area (Å²) < 4.78 is 5.42. The molecule has 1 saturated heterocycles. The second-order valence-electron chi connectivity index (χ2n) is 6.38. The van der Waals surface area contributed by atoms with Gasteiger partial charge >= 0.3 is 6.09 Å². The van der Waals surface area contributed by atoms with E-state index in [1.54, 1.807) is 4.90 Å². The molecule has 4 heteroatoms. The van der Waals surface area contributed by atoms with Crippen LogP contribution < -0.4 is 0 Å². The van der Waals surface area contributed by atoms with Gasteiger partial charge in [0.25, 0.3) is 0 Å². The molecule has 0 bridgehead atoms. The summed E-state index contributed by atoms with van der Waals surface area (Å²) in [4.78, 5) is 13.9. The van der Waals surface area contributed by atoms with Crippen LogP contribution in [0.2, 0.25) is 0 Å².